The molecule has 0 fully saturated rings. The van der Waals surface area contributed by atoms with Gasteiger partial charge in [0.1, 0.15) is 12.5 Å². The van der Waals surface area contributed by atoms with Gasteiger partial charge in [0, 0.05) is 12.7 Å². The van der Waals surface area contributed by atoms with Gasteiger partial charge in [0.2, 0.25) is 0 Å². The summed E-state index contributed by atoms with van der Waals surface area (Å²) in [4.78, 5) is 16.8. The Morgan fingerprint density at radius 1 is 1.56 bits per heavy atom. The zero-order valence-corrected chi connectivity index (χ0v) is 9.30. The molecule has 1 N–H and O–H groups in total. The van der Waals surface area contributed by atoms with E-state index in [-0.39, 0.29) is 19.1 Å². The number of aromatic nitrogens is 1. The highest BCUT2D eigenvalue weighted by molar-refractivity contribution is 5.70. The Labute approximate surface area is 94.7 Å². The van der Waals surface area contributed by atoms with Crippen LogP contribution in [0.15, 0.2) is 24.4 Å². The summed E-state index contributed by atoms with van der Waals surface area (Å²) in [6, 6.07) is 5.40. The van der Waals surface area contributed by atoms with Gasteiger partial charge < -0.3 is 14.7 Å². The molecule has 1 heterocycles. The first-order chi connectivity index (χ1) is 7.77. The topological polar surface area (TPSA) is 62.7 Å². The molecular weight excluding hydrogens is 208 g/mol. The third kappa shape index (κ3) is 3.86. The molecule has 5 heteroatoms. The van der Waals surface area contributed by atoms with Gasteiger partial charge in [-0.1, -0.05) is 6.07 Å². The molecule has 0 bridgehead atoms. The molecule has 0 unspecified atom stereocenters. The fourth-order valence-electron chi connectivity index (χ4n) is 1.26. The second-order valence-corrected chi connectivity index (χ2v) is 3.15. The maximum atomic E-state index is 11.1. The van der Waals surface area contributed by atoms with E-state index in [1.54, 1.807) is 30.2 Å². The highest BCUT2D eigenvalue weighted by atomic mass is 16.5. The molecule has 1 aromatic heterocycles. The predicted molar refractivity (Wildman–Crippen MR) is 59.9 cm³/mol. The number of pyridine rings is 1. The third-order valence-corrected chi connectivity index (χ3v) is 2.04. The van der Waals surface area contributed by atoms with E-state index in [1.807, 2.05) is 6.07 Å². The summed E-state index contributed by atoms with van der Waals surface area (Å²) in [7, 11) is 0. The van der Waals surface area contributed by atoms with Gasteiger partial charge in [0.15, 0.2) is 0 Å². The highest BCUT2D eigenvalue weighted by Crippen LogP contribution is 2.08. The minimum atomic E-state index is -0.267. The number of ether oxygens (including phenoxy) is 1. The molecule has 1 aromatic rings. The van der Waals surface area contributed by atoms with Crippen molar-refractivity contribution in [2.24, 2.45) is 0 Å². The Morgan fingerprint density at radius 3 is 2.94 bits per heavy atom. The van der Waals surface area contributed by atoms with E-state index in [1.165, 1.54) is 0 Å². The summed E-state index contributed by atoms with van der Waals surface area (Å²) in [6.07, 6.45) is 1.88. The van der Waals surface area contributed by atoms with Gasteiger partial charge >= 0.3 is 5.97 Å². The van der Waals surface area contributed by atoms with Crippen molar-refractivity contribution < 1.29 is 14.6 Å². The molecule has 0 aromatic carbocycles. The van der Waals surface area contributed by atoms with Crippen molar-refractivity contribution in [3.63, 3.8) is 0 Å². The maximum absolute atomic E-state index is 11.1. The minimum absolute atomic E-state index is 0.170. The number of aliphatic hydroxyl groups is 1. The van der Waals surface area contributed by atoms with Crippen LogP contribution < -0.4 is 4.90 Å². The van der Waals surface area contributed by atoms with Gasteiger partial charge in [-0.15, -0.1) is 0 Å². The Morgan fingerprint density at radius 2 is 2.38 bits per heavy atom. The summed E-state index contributed by atoms with van der Waals surface area (Å²) in [6.45, 7) is 2.37. The number of aliphatic hydroxyl groups excluding tert-OH is 1. The minimum Gasteiger partial charge on any atom is -0.466 e. The van der Waals surface area contributed by atoms with Gasteiger partial charge in [-0.05, 0) is 19.1 Å². The van der Waals surface area contributed by atoms with Crippen LogP contribution in [0, 0.1) is 0 Å². The fraction of sp³-hybridized carbons (Fsp3) is 0.455. The molecule has 88 valence electrons. The van der Waals surface area contributed by atoms with Crippen molar-refractivity contribution in [2.75, 3.05) is 24.8 Å². The molecule has 0 spiro atoms. The standard InChI is InChI=1S/C11H16N2O3/c1-2-16-11(15)6-8-13(9-14)10-5-3-4-7-12-10/h3-5,7,14H,2,6,8-9H2,1H3. The molecule has 0 aliphatic heterocycles. The average Bonchev–Trinajstić information content (AvgIpc) is 2.31. The predicted octanol–water partition coefficient (Wildman–Crippen LogP) is 0.791. The highest BCUT2D eigenvalue weighted by Gasteiger charge is 2.09. The second-order valence-electron chi connectivity index (χ2n) is 3.15. The number of rotatable bonds is 6. The lowest BCUT2D eigenvalue weighted by Gasteiger charge is -2.19. The van der Waals surface area contributed by atoms with Crippen LogP contribution in [0.3, 0.4) is 0 Å². The van der Waals surface area contributed by atoms with Crippen LogP contribution >= 0.6 is 0 Å². The van der Waals surface area contributed by atoms with Crippen molar-refractivity contribution in [1.82, 2.24) is 4.98 Å². The molecule has 0 aliphatic carbocycles. The van der Waals surface area contributed by atoms with E-state index in [0.29, 0.717) is 19.0 Å². The first-order valence-corrected chi connectivity index (χ1v) is 5.20. The van der Waals surface area contributed by atoms with Crippen LogP contribution in [0.2, 0.25) is 0 Å². The smallest absolute Gasteiger partial charge is 0.307 e. The Balaban J connectivity index is 2.47. The van der Waals surface area contributed by atoms with E-state index in [9.17, 15) is 4.79 Å². The van der Waals surface area contributed by atoms with Gasteiger partial charge in [0.25, 0.3) is 0 Å². The first-order valence-electron chi connectivity index (χ1n) is 5.20. The quantitative estimate of drug-likeness (QED) is 0.571. The summed E-state index contributed by atoms with van der Waals surface area (Å²) < 4.78 is 4.81. The number of carbonyl (C=O) groups excluding carboxylic acids is 1. The summed E-state index contributed by atoms with van der Waals surface area (Å²) >= 11 is 0. The van der Waals surface area contributed by atoms with E-state index in [2.05, 4.69) is 4.98 Å². The van der Waals surface area contributed by atoms with Gasteiger partial charge in [-0.2, -0.15) is 0 Å². The fourth-order valence-corrected chi connectivity index (χ4v) is 1.26. The Kier molecular flexibility index (Phi) is 5.28. The number of anilines is 1. The van der Waals surface area contributed by atoms with Crippen LogP contribution in [0.1, 0.15) is 13.3 Å². The van der Waals surface area contributed by atoms with Crippen LogP contribution in [-0.4, -0.2) is 35.9 Å². The van der Waals surface area contributed by atoms with Crippen molar-refractivity contribution >= 4 is 11.8 Å². The largest absolute Gasteiger partial charge is 0.466 e. The van der Waals surface area contributed by atoms with Crippen LogP contribution in [0.4, 0.5) is 5.82 Å². The number of nitrogens with zero attached hydrogens (tertiary/aromatic N) is 2. The van der Waals surface area contributed by atoms with Crippen molar-refractivity contribution in [3.05, 3.63) is 24.4 Å². The molecule has 0 saturated carbocycles. The second kappa shape index (κ2) is 6.79. The van der Waals surface area contributed by atoms with Gasteiger partial charge in [-0.25, -0.2) is 4.98 Å². The summed E-state index contributed by atoms with van der Waals surface area (Å²) in [5.74, 6) is 0.381. The van der Waals surface area contributed by atoms with E-state index in [4.69, 9.17) is 9.84 Å². The van der Waals surface area contributed by atoms with Gasteiger partial charge in [0.05, 0.1) is 13.0 Å². The van der Waals surface area contributed by atoms with Crippen LogP contribution in [0.5, 0.6) is 0 Å². The summed E-state index contributed by atoms with van der Waals surface area (Å²) in [5.41, 5.74) is 0. The first kappa shape index (κ1) is 12.4. The SMILES string of the molecule is CCOC(=O)CCN(CO)c1ccccn1. The lowest BCUT2D eigenvalue weighted by Crippen LogP contribution is -2.28. The van der Waals surface area contributed by atoms with Crippen molar-refractivity contribution in [2.45, 2.75) is 13.3 Å². The van der Waals surface area contributed by atoms with Crippen LogP contribution in [-0.2, 0) is 9.53 Å². The Hall–Kier alpha value is -1.62. The van der Waals surface area contributed by atoms with Crippen LogP contribution in [0.25, 0.3) is 0 Å². The third-order valence-electron chi connectivity index (χ3n) is 2.04. The van der Waals surface area contributed by atoms with E-state index in [0.717, 1.165) is 0 Å². The molecule has 0 amide bonds. The molecule has 0 aliphatic rings. The van der Waals surface area contributed by atoms with Crippen molar-refractivity contribution in [1.29, 1.82) is 0 Å². The van der Waals surface area contributed by atoms with Gasteiger partial charge in [-0.3, -0.25) is 4.79 Å². The molecule has 0 atom stereocenters. The monoisotopic (exact) mass is 224 g/mol. The lowest BCUT2D eigenvalue weighted by atomic mass is 10.3. The maximum Gasteiger partial charge on any atom is 0.307 e. The molecule has 0 radical (unpaired) electrons. The molecular formula is C11H16N2O3. The van der Waals surface area contributed by atoms with E-state index >= 15 is 0 Å². The van der Waals surface area contributed by atoms with Crippen molar-refractivity contribution in [3.8, 4) is 0 Å². The summed E-state index contributed by atoms with van der Waals surface area (Å²) in [5, 5.41) is 9.16. The average molecular weight is 224 g/mol. The number of hydrogen-bond donors (Lipinski definition) is 1. The number of carbonyl (C=O) groups is 1. The molecule has 1 rings (SSSR count). The van der Waals surface area contributed by atoms with E-state index < -0.39 is 0 Å². The zero-order valence-electron chi connectivity index (χ0n) is 9.30. The molecule has 0 saturated heterocycles. The number of esters is 1. The Bertz CT molecular complexity index is 316. The number of hydrogen-bond acceptors (Lipinski definition) is 5. The zero-order chi connectivity index (χ0) is 11.8. The molecule has 16 heavy (non-hydrogen) atoms. The lowest BCUT2D eigenvalue weighted by molar-refractivity contribution is -0.142. The molecule has 5 nitrogen and oxygen atoms in total. The normalized spacial score (nSPS) is 9.88.